The van der Waals surface area contributed by atoms with Crippen LogP contribution in [0.3, 0.4) is 0 Å². The molecule has 1 aromatic carbocycles. The van der Waals surface area contributed by atoms with Crippen LogP contribution in [0.15, 0.2) is 34.8 Å². The highest BCUT2D eigenvalue weighted by molar-refractivity contribution is 6.24. The van der Waals surface area contributed by atoms with Gasteiger partial charge in [0.1, 0.15) is 22.8 Å². The monoisotopic (exact) mass is 512 g/mol. The third kappa shape index (κ3) is 3.39. The molecule has 5 rings (SSSR count). The second-order valence-corrected chi connectivity index (χ2v) is 11.0. The van der Waals surface area contributed by atoms with Crippen molar-refractivity contribution in [3.63, 3.8) is 0 Å². The van der Waals surface area contributed by atoms with Crippen LogP contribution < -0.4 is 5.73 Å². The standard InChI is InChI=1S/C27H32N2O8/c1-29(2)20-15-11-12-10-13-14(26(36)8-4-3-5-9-26)6-7-16(30)18(13)21(31)17(12)23(33)27(15,37)24(34)19(22(20)32)25(28)35/h6-7,12,15,20,30,32-33,36-37H,3-5,8-11H2,1-2H3,(H2,28,35)/t12-,15-,20-,27-/m0/s1. The van der Waals surface area contributed by atoms with Crippen LogP contribution >= 0.6 is 0 Å². The number of primary amides is 1. The Balaban J connectivity index is 1.71. The van der Waals surface area contributed by atoms with E-state index in [2.05, 4.69) is 0 Å². The minimum Gasteiger partial charge on any atom is -0.510 e. The molecule has 7 N–H and O–H groups in total. The summed E-state index contributed by atoms with van der Waals surface area (Å²) in [6, 6.07) is 1.94. The zero-order valence-electron chi connectivity index (χ0n) is 20.8. The van der Waals surface area contributed by atoms with Gasteiger partial charge in [-0.05, 0) is 62.9 Å². The number of rotatable bonds is 3. The van der Waals surface area contributed by atoms with Crippen molar-refractivity contribution in [3.05, 3.63) is 51.5 Å². The topological polar surface area (TPSA) is 182 Å². The molecule has 0 heterocycles. The van der Waals surface area contributed by atoms with Crippen LogP contribution in [0.4, 0.5) is 0 Å². The molecule has 0 spiro atoms. The van der Waals surface area contributed by atoms with Crippen molar-refractivity contribution in [3.8, 4) is 5.75 Å². The number of nitrogens with two attached hydrogens (primary N) is 1. The zero-order valence-corrected chi connectivity index (χ0v) is 20.8. The SMILES string of the molecule is CN(C)[C@@H]1C(O)=C(C(N)=O)C(=O)[C@@]2(O)C(O)=C3C(=O)c4c(O)ccc(C5(O)CCCCC5)c4C[C@H]3C[C@@H]12. The average Bonchev–Trinajstić information content (AvgIpc) is 2.81. The molecule has 0 saturated heterocycles. The fourth-order valence-electron chi connectivity index (χ4n) is 7.09. The molecule has 0 aromatic heterocycles. The lowest BCUT2D eigenvalue weighted by Gasteiger charge is -2.50. The highest BCUT2D eigenvalue weighted by Crippen LogP contribution is 2.53. The summed E-state index contributed by atoms with van der Waals surface area (Å²) in [6.07, 6.45) is 3.86. The van der Waals surface area contributed by atoms with E-state index in [4.69, 9.17) is 5.73 Å². The summed E-state index contributed by atoms with van der Waals surface area (Å²) in [5.41, 5.74) is 1.47. The molecule has 37 heavy (non-hydrogen) atoms. The Labute approximate surface area is 213 Å². The molecule has 4 aliphatic carbocycles. The molecule has 4 atom stereocenters. The van der Waals surface area contributed by atoms with Crippen LogP contribution in [0.2, 0.25) is 0 Å². The molecule has 10 heteroatoms. The van der Waals surface area contributed by atoms with Crippen LogP contribution in [0, 0.1) is 11.8 Å². The smallest absolute Gasteiger partial charge is 0.255 e. The van der Waals surface area contributed by atoms with E-state index < -0.39 is 63.6 Å². The summed E-state index contributed by atoms with van der Waals surface area (Å²) in [5, 5.41) is 56.0. The number of benzene rings is 1. The Hall–Kier alpha value is -3.21. The van der Waals surface area contributed by atoms with E-state index in [9.17, 15) is 39.9 Å². The van der Waals surface area contributed by atoms with Crippen LogP contribution in [-0.4, -0.2) is 73.6 Å². The summed E-state index contributed by atoms with van der Waals surface area (Å²) in [7, 11) is 3.17. The van der Waals surface area contributed by atoms with Gasteiger partial charge in [0.15, 0.2) is 11.4 Å². The Bertz CT molecular complexity index is 1290. The molecular formula is C27H32N2O8. The number of carbonyl (C=O) groups is 3. The first-order valence-corrected chi connectivity index (χ1v) is 12.6. The summed E-state index contributed by atoms with van der Waals surface area (Å²) < 4.78 is 0. The number of fused-ring (bicyclic) bond motifs is 3. The lowest BCUT2D eigenvalue weighted by atomic mass is 9.58. The second kappa shape index (κ2) is 8.41. The quantitative estimate of drug-likeness (QED) is 0.325. The highest BCUT2D eigenvalue weighted by Gasteiger charge is 2.63. The summed E-state index contributed by atoms with van der Waals surface area (Å²) >= 11 is 0. The van der Waals surface area contributed by atoms with E-state index in [1.807, 2.05) is 0 Å². The first kappa shape index (κ1) is 25.4. The van der Waals surface area contributed by atoms with E-state index in [1.54, 1.807) is 20.2 Å². The number of carbonyl (C=O) groups excluding carboxylic acids is 3. The fourth-order valence-corrected chi connectivity index (χ4v) is 7.09. The number of aliphatic hydroxyl groups excluding tert-OH is 2. The summed E-state index contributed by atoms with van der Waals surface area (Å²) in [4.78, 5) is 40.7. The number of nitrogens with zero attached hydrogens (tertiary/aromatic N) is 1. The maximum atomic E-state index is 13.8. The molecule has 1 amide bonds. The van der Waals surface area contributed by atoms with Crippen molar-refractivity contribution < 1.29 is 39.9 Å². The molecule has 198 valence electrons. The Kier molecular flexibility index (Phi) is 5.78. The van der Waals surface area contributed by atoms with Crippen molar-refractivity contribution in [2.75, 3.05) is 14.1 Å². The number of ketones is 2. The molecule has 10 nitrogen and oxygen atoms in total. The predicted molar refractivity (Wildman–Crippen MR) is 131 cm³/mol. The maximum Gasteiger partial charge on any atom is 0.255 e. The molecule has 1 aromatic rings. The second-order valence-electron chi connectivity index (χ2n) is 11.0. The zero-order chi connectivity index (χ0) is 27.0. The Morgan fingerprint density at radius 1 is 1.05 bits per heavy atom. The van der Waals surface area contributed by atoms with Crippen molar-refractivity contribution in [2.24, 2.45) is 17.6 Å². The van der Waals surface area contributed by atoms with Crippen LogP contribution in [0.1, 0.15) is 60.0 Å². The number of likely N-dealkylation sites (N-methyl/N-ethyl adjacent to an activating group) is 1. The van der Waals surface area contributed by atoms with E-state index in [-0.39, 0.29) is 29.7 Å². The number of allylic oxidation sites excluding steroid dienone is 1. The fraction of sp³-hybridized carbons (Fsp3) is 0.519. The van der Waals surface area contributed by atoms with Gasteiger partial charge in [-0.3, -0.25) is 19.3 Å². The lowest BCUT2D eigenvalue weighted by molar-refractivity contribution is -0.148. The van der Waals surface area contributed by atoms with E-state index in [1.165, 1.54) is 11.0 Å². The average molecular weight is 513 g/mol. The van der Waals surface area contributed by atoms with Gasteiger partial charge in [0.25, 0.3) is 5.91 Å². The summed E-state index contributed by atoms with van der Waals surface area (Å²) in [5.74, 6) is -6.85. The Morgan fingerprint density at radius 3 is 2.30 bits per heavy atom. The molecule has 1 fully saturated rings. The van der Waals surface area contributed by atoms with E-state index in [0.717, 1.165) is 19.3 Å². The third-order valence-corrected chi connectivity index (χ3v) is 8.79. The lowest BCUT2D eigenvalue weighted by Crippen LogP contribution is -2.63. The molecule has 0 bridgehead atoms. The number of phenols is 1. The van der Waals surface area contributed by atoms with Crippen LogP contribution in [-0.2, 0) is 21.6 Å². The first-order valence-electron chi connectivity index (χ1n) is 12.6. The number of aromatic hydroxyl groups is 1. The van der Waals surface area contributed by atoms with Gasteiger partial charge in [-0.15, -0.1) is 0 Å². The van der Waals surface area contributed by atoms with Crippen molar-refractivity contribution in [1.82, 2.24) is 4.90 Å². The van der Waals surface area contributed by atoms with Gasteiger partial charge in [-0.25, -0.2) is 0 Å². The number of hydrogen-bond donors (Lipinski definition) is 6. The van der Waals surface area contributed by atoms with Gasteiger partial charge < -0.3 is 31.3 Å². The number of amides is 1. The van der Waals surface area contributed by atoms with E-state index >= 15 is 0 Å². The minimum absolute atomic E-state index is 0.0132. The van der Waals surface area contributed by atoms with Crippen LogP contribution in [0.5, 0.6) is 5.75 Å². The van der Waals surface area contributed by atoms with Gasteiger partial charge in [0.2, 0.25) is 5.78 Å². The normalized spacial score (nSPS) is 31.2. The molecular weight excluding hydrogens is 480 g/mol. The number of hydrogen-bond acceptors (Lipinski definition) is 9. The Morgan fingerprint density at radius 2 is 1.70 bits per heavy atom. The maximum absolute atomic E-state index is 13.8. The molecule has 0 radical (unpaired) electrons. The third-order valence-electron chi connectivity index (χ3n) is 8.79. The molecule has 0 aliphatic heterocycles. The number of Topliss-reactive ketones (excluding diaryl/α,β-unsaturated/α-hetero) is 2. The highest BCUT2D eigenvalue weighted by atomic mass is 16.3. The molecule has 1 saturated carbocycles. The van der Waals surface area contributed by atoms with Crippen molar-refractivity contribution in [2.45, 2.75) is 62.2 Å². The minimum atomic E-state index is -2.67. The molecule has 0 unspecified atom stereocenters. The van der Waals surface area contributed by atoms with E-state index in [0.29, 0.717) is 24.0 Å². The van der Waals surface area contributed by atoms with Gasteiger partial charge in [0.05, 0.1) is 17.2 Å². The van der Waals surface area contributed by atoms with Crippen molar-refractivity contribution in [1.29, 1.82) is 0 Å². The number of aliphatic hydroxyl groups is 4. The molecule has 4 aliphatic rings. The van der Waals surface area contributed by atoms with Gasteiger partial charge >= 0.3 is 0 Å². The van der Waals surface area contributed by atoms with Crippen LogP contribution in [0.25, 0.3) is 0 Å². The summed E-state index contributed by atoms with van der Waals surface area (Å²) in [6.45, 7) is 0. The largest absolute Gasteiger partial charge is 0.510 e. The van der Waals surface area contributed by atoms with Gasteiger partial charge in [-0.2, -0.15) is 0 Å². The van der Waals surface area contributed by atoms with Crippen molar-refractivity contribution >= 4 is 17.5 Å². The number of phenolic OH excluding ortho intramolecular Hbond substituents is 1. The predicted octanol–water partition coefficient (Wildman–Crippen LogP) is 1.27. The van der Waals surface area contributed by atoms with Gasteiger partial charge in [0, 0.05) is 11.5 Å². The van der Waals surface area contributed by atoms with Gasteiger partial charge in [-0.1, -0.05) is 25.3 Å². The first-order chi connectivity index (χ1) is 17.3.